The number of aliphatic hydroxyl groups is 1. The zero-order valence-corrected chi connectivity index (χ0v) is 11.3. The zero-order chi connectivity index (χ0) is 10.5. The van der Waals surface area contributed by atoms with Gasteiger partial charge in [0.25, 0.3) is 0 Å². The van der Waals surface area contributed by atoms with Gasteiger partial charge < -0.3 is 5.11 Å². The molecule has 0 unspecified atom stereocenters. The summed E-state index contributed by atoms with van der Waals surface area (Å²) in [4.78, 5) is 0. The maximum absolute atomic E-state index is 8.59. The molecule has 1 nitrogen and oxygen atoms in total. The van der Waals surface area contributed by atoms with Gasteiger partial charge in [-0.3, -0.25) is 0 Å². The van der Waals surface area contributed by atoms with Crippen LogP contribution in [0.5, 0.6) is 0 Å². The fourth-order valence-electron chi connectivity index (χ4n) is 1.78. The smallest absolute Gasteiger partial charge is 0.0431 e. The third kappa shape index (κ3) is 17.1. The van der Waals surface area contributed by atoms with Crippen molar-refractivity contribution in [3.05, 3.63) is 0 Å². The van der Waals surface area contributed by atoms with E-state index in [2.05, 4.69) is 6.92 Å². The number of hydrogen-bond donors (Lipinski definition) is 1. The van der Waals surface area contributed by atoms with Gasteiger partial charge in [-0.25, -0.2) is 0 Å². The molecule has 0 fully saturated rings. The van der Waals surface area contributed by atoms with E-state index in [0.29, 0.717) is 6.61 Å². The first-order valence-corrected chi connectivity index (χ1v) is 6.52. The summed E-state index contributed by atoms with van der Waals surface area (Å²) in [7, 11) is 0. The standard InChI is InChI=1S/C13H28O.Co/c1-2-3-4-5-6-7-8-9-10-11-12-13-14;/h14H,2-13H2,1H3;. The van der Waals surface area contributed by atoms with Crippen molar-refractivity contribution in [2.24, 2.45) is 0 Å². The average molecular weight is 259 g/mol. The van der Waals surface area contributed by atoms with Crippen molar-refractivity contribution in [2.45, 2.75) is 77.6 Å². The van der Waals surface area contributed by atoms with E-state index in [1.807, 2.05) is 0 Å². The first-order valence-electron chi connectivity index (χ1n) is 6.52. The maximum atomic E-state index is 8.59. The van der Waals surface area contributed by atoms with Crippen molar-refractivity contribution < 1.29 is 21.9 Å². The van der Waals surface area contributed by atoms with E-state index in [1.54, 1.807) is 0 Å². The molecule has 0 spiro atoms. The summed E-state index contributed by atoms with van der Waals surface area (Å²) < 4.78 is 0. The predicted molar refractivity (Wildman–Crippen MR) is 63.5 cm³/mol. The zero-order valence-electron chi connectivity index (χ0n) is 10.3. The monoisotopic (exact) mass is 259 g/mol. The van der Waals surface area contributed by atoms with Gasteiger partial charge in [0.15, 0.2) is 0 Å². The Morgan fingerprint density at radius 1 is 0.600 bits per heavy atom. The summed E-state index contributed by atoms with van der Waals surface area (Å²) in [5.41, 5.74) is 0. The minimum atomic E-state index is 0. The number of unbranched alkanes of at least 4 members (excludes halogenated alkanes) is 10. The topological polar surface area (TPSA) is 20.2 Å². The van der Waals surface area contributed by atoms with Crippen LogP contribution in [0.15, 0.2) is 0 Å². The number of hydrogen-bond acceptors (Lipinski definition) is 1. The van der Waals surface area contributed by atoms with Crippen LogP contribution in [0, 0.1) is 0 Å². The Kier molecular flexibility index (Phi) is 20.1. The molecule has 15 heavy (non-hydrogen) atoms. The van der Waals surface area contributed by atoms with E-state index in [9.17, 15) is 0 Å². The van der Waals surface area contributed by atoms with Crippen LogP contribution in [0.2, 0.25) is 0 Å². The Morgan fingerprint density at radius 2 is 0.933 bits per heavy atom. The van der Waals surface area contributed by atoms with E-state index in [4.69, 9.17) is 5.11 Å². The van der Waals surface area contributed by atoms with Gasteiger partial charge in [-0.1, -0.05) is 71.1 Å². The molecule has 0 aromatic heterocycles. The second-order valence-electron chi connectivity index (χ2n) is 4.26. The van der Waals surface area contributed by atoms with Gasteiger partial charge >= 0.3 is 0 Å². The van der Waals surface area contributed by atoms with Gasteiger partial charge in [-0.15, -0.1) is 0 Å². The third-order valence-corrected chi connectivity index (χ3v) is 2.76. The molecule has 2 heteroatoms. The van der Waals surface area contributed by atoms with Gasteiger partial charge in [0.1, 0.15) is 0 Å². The van der Waals surface area contributed by atoms with E-state index in [1.165, 1.54) is 64.2 Å². The summed E-state index contributed by atoms with van der Waals surface area (Å²) in [6.07, 6.45) is 14.8. The SMILES string of the molecule is CCCCCCCCCCCCCO.[Co]. The van der Waals surface area contributed by atoms with Crippen LogP contribution in [0.25, 0.3) is 0 Å². The molecule has 0 aliphatic heterocycles. The Morgan fingerprint density at radius 3 is 1.27 bits per heavy atom. The number of aliphatic hydroxyl groups excluding tert-OH is 1. The average Bonchev–Trinajstić information content (AvgIpc) is 2.21. The van der Waals surface area contributed by atoms with Crippen LogP contribution < -0.4 is 0 Å². The molecule has 0 amide bonds. The van der Waals surface area contributed by atoms with Crippen molar-refractivity contribution in [2.75, 3.05) is 6.61 Å². The van der Waals surface area contributed by atoms with Gasteiger partial charge in [0, 0.05) is 23.4 Å². The van der Waals surface area contributed by atoms with E-state index >= 15 is 0 Å². The quantitative estimate of drug-likeness (QED) is 0.549. The minimum absolute atomic E-state index is 0. The minimum Gasteiger partial charge on any atom is -0.396 e. The summed E-state index contributed by atoms with van der Waals surface area (Å²) in [5, 5.41) is 8.59. The molecule has 0 atom stereocenters. The molecule has 0 aromatic carbocycles. The van der Waals surface area contributed by atoms with Crippen LogP contribution in [-0.4, -0.2) is 11.7 Å². The van der Waals surface area contributed by atoms with Crippen LogP contribution >= 0.6 is 0 Å². The second-order valence-corrected chi connectivity index (χ2v) is 4.26. The molecule has 95 valence electrons. The Hall–Kier alpha value is 0.466. The molecule has 0 aliphatic rings. The normalized spacial score (nSPS) is 10.0. The Bertz CT molecular complexity index is 84.5. The van der Waals surface area contributed by atoms with Crippen LogP contribution in [-0.2, 0) is 16.8 Å². The van der Waals surface area contributed by atoms with Gasteiger partial charge in [-0.2, -0.15) is 0 Å². The molecule has 0 aromatic rings. The molecule has 0 aliphatic carbocycles. The molecule has 0 heterocycles. The van der Waals surface area contributed by atoms with Crippen molar-refractivity contribution >= 4 is 0 Å². The van der Waals surface area contributed by atoms with Crippen molar-refractivity contribution in [3.8, 4) is 0 Å². The predicted octanol–water partition coefficient (Wildman–Crippen LogP) is 4.29. The first-order chi connectivity index (χ1) is 6.91. The van der Waals surface area contributed by atoms with Crippen molar-refractivity contribution in [1.29, 1.82) is 0 Å². The van der Waals surface area contributed by atoms with Gasteiger partial charge in [0.2, 0.25) is 0 Å². The Labute approximate surface area is 106 Å². The van der Waals surface area contributed by atoms with Crippen LogP contribution in [0.1, 0.15) is 77.6 Å². The first kappa shape index (κ1) is 17.8. The Balaban J connectivity index is 0. The molecule has 1 radical (unpaired) electrons. The molecule has 0 rings (SSSR count). The maximum Gasteiger partial charge on any atom is 0.0431 e. The summed E-state index contributed by atoms with van der Waals surface area (Å²) >= 11 is 0. The molecule has 0 saturated carbocycles. The number of rotatable bonds is 11. The van der Waals surface area contributed by atoms with E-state index in [-0.39, 0.29) is 16.8 Å². The van der Waals surface area contributed by atoms with Crippen molar-refractivity contribution in [3.63, 3.8) is 0 Å². The third-order valence-electron chi connectivity index (χ3n) is 2.76. The summed E-state index contributed by atoms with van der Waals surface area (Å²) in [6.45, 7) is 2.64. The van der Waals surface area contributed by atoms with Crippen molar-refractivity contribution in [1.82, 2.24) is 0 Å². The van der Waals surface area contributed by atoms with Crippen LogP contribution in [0.3, 0.4) is 0 Å². The summed E-state index contributed by atoms with van der Waals surface area (Å²) in [5.74, 6) is 0. The van der Waals surface area contributed by atoms with Gasteiger partial charge in [0.05, 0.1) is 0 Å². The second kappa shape index (κ2) is 16.9. The van der Waals surface area contributed by atoms with E-state index < -0.39 is 0 Å². The fourth-order valence-corrected chi connectivity index (χ4v) is 1.78. The molecule has 0 saturated heterocycles. The van der Waals surface area contributed by atoms with E-state index in [0.717, 1.165) is 6.42 Å². The fraction of sp³-hybridized carbons (Fsp3) is 1.00. The largest absolute Gasteiger partial charge is 0.396 e. The van der Waals surface area contributed by atoms with Gasteiger partial charge in [-0.05, 0) is 6.42 Å². The van der Waals surface area contributed by atoms with Crippen LogP contribution in [0.4, 0.5) is 0 Å². The molecule has 0 bridgehead atoms. The molecular weight excluding hydrogens is 231 g/mol. The molecular formula is C13H28CoO. The summed E-state index contributed by atoms with van der Waals surface area (Å²) in [6, 6.07) is 0. The molecule has 1 N–H and O–H groups in total.